The molecule has 0 unspecified atom stereocenters. The molecule has 0 radical (unpaired) electrons. The Bertz CT molecular complexity index is 744. The predicted molar refractivity (Wildman–Crippen MR) is 97.6 cm³/mol. The molecule has 7 heteroatoms. The third-order valence-electron chi connectivity index (χ3n) is 2.92. The number of halogens is 2. The molecule has 1 N–H and O–H groups in total. The number of anilines is 2. The van der Waals surface area contributed by atoms with Crippen LogP contribution in [0.2, 0.25) is 5.28 Å². The molecule has 0 amide bonds. The summed E-state index contributed by atoms with van der Waals surface area (Å²) in [6, 6.07) is 15.9. The van der Waals surface area contributed by atoms with E-state index in [1.807, 2.05) is 48.5 Å². The average Bonchev–Trinajstić information content (AvgIpc) is 2.51. The molecule has 0 saturated heterocycles. The Labute approximate surface area is 151 Å². The first-order valence-electron chi connectivity index (χ1n) is 6.77. The Kier molecular flexibility index (Phi) is 5.15. The highest BCUT2D eigenvalue weighted by atomic mass is 79.9. The van der Waals surface area contributed by atoms with Crippen LogP contribution >= 0.6 is 39.3 Å². The van der Waals surface area contributed by atoms with Crippen molar-refractivity contribution in [2.24, 2.45) is 0 Å². The van der Waals surface area contributed by atoms with Gasteiger partial charge in [-0.2, -0.15) is 15.0 Å². The lowest BCUT2D eigenvalue weighted by atomic mass is 10.2. The standard InChI is InChI=1S/C16H12BrClN4S/c1-10-2-8-13(9-3-10)23-16-21-14(18)20-15(22-16)19-12-6-4-11(17)5-7-12/h2-9H,1H3,(H,19,20,21,22). The molecule has 0 aliphatic carbocycles. The number of hydrogen-bond acceptors (Lipinski definition) is 5. The Balaban J connectivity index is 1.81. The van der Waals surface area contributed by atoms with Crippen molar-refractivity contribution in [3.05, 3.63) is 63.9 Å². The summed E-state index contributed by atoms with van der Waals surface area (Å²) in [5, 5.41) is 3.84. The largest absolute Gasteiger partial charge is 0.324 e. The summed E-state index contributed by atoms with van der Waals surface area (Å²) in [6.45, 7) is 2.05. The number of rotatable bonds is 4. The Morgan fingerprint density at radius 2 is 1.65 bits per heavy atom. The number of aromatic nitrogens is 3. The van der Waals surface area contributed by atoms with Gasteiger partial charge in [0, 0.05) is 15.1 Å². The van der Waals surface area contributed by atoms with Gasteiger partial charge in [0.05, 0.1) is 0 Å². The van der Waals surface area contributed by atoms with E-state index in [0.717, 1.165) is 15.1 Å². The van der Waals surface area contributed by atoms with Gasteiger partial charge in [0.1, 0.15) is 0 Å². The van der Waals surface area contributed by atoms with Gasteiger partial charge < -0.3 is 5.32 Å². The zero-order valence-electron chi connectivity index (χ0n) is 12.1. The van der Waals surface area contributed by atoms with E-state index in [1.54, 1.807) is 0 Å². The normalized spacial score (nSPS) is 10.6. The van der Waals surface area contributed by atoms with Crippen LogP contribution in [0, 0.1) is 6.92 Å². The van der Waals surface area contributed by atoms with Crippen LogP contribution in [0.15, 0.2) is 63.1 Å². The van der Waals surface area contributed by atoms with Gasteiger partial charge in [-0.1, -0.05) is 33.6 Å². The summed E-state index contributed by atoms with van der Waals surface area (Å²) in [5.41, 5.74) is 2.09. The summed E-state index contributed by atoms with van der Waals surface area (Å²) < 4.78 is 1.01. The smallest absolute Gasteiger partial charge is 0.232 e. The van der Waals surface area contributed by atoms with Crippen molar-refractivity contribution in [2.45, 2.75) is 17.0 Å². The van der Waals surface area contributed by atoms with Crippen LogP contribution in [0.5, 0.6) is 0 Å². The predicted octanol–water partition coefficient (Wildman–Crippen LogP) is 5.49. The number of nitrogens with one attached hydrogen (secondary N) is 1. The summed E-state index contributed by atoms with van der Waals surface area (Å²) >= 11 is 10.9. The fourth-order valence-electron chi connectivity index (χ4n) is 1.81. The highest BCUT2D eigenvalue weighted by Crippen LogP contribution is 2.27. The second kappa shape index (κ2) is 7.29. The minimum Gasteiger partial charge on any atom is -0.324 e. The van der Waals surface area contributed by atoms with Crippen molar-refractivity contribution in [2.75, 3.05) is 5.32 Å². The lowest BCUT2D eigenvalue weighted by molar-refractivity contribution is 0.912. The summed E-state index contributed by atoms with van der Waals surface area (Å²) in [7, 11) is 0. The molecule has 1 aromatic heterocycles. The van der Waals surface area contributed by atoms with Gasteiger partial charge in [-0.05, 0) is 66.7 Å². The third kappa shape index (κ3) is 4.67. The molecule has 1 heterocycles. The monoisotopic (exact) mass is 406 g/mol. The van der Waals surface area contributed by atoms with Gasteiger partial charge in [-0.15, -0.1) is 0 Å². The zero-order chi connectivity index (χ0) is 16.2. The first-order chi connectivity index (χ1) is 11.1. The number of nitrogens with zero attached hydrogens (tertiary/aromatic N) is 3. The Hall–Kier alpha value is -1.63. The quantitative estimate of drug-likeness (QED) is 0.619. The first-order valence-corrected chi connectivity index (χ1v) is 8.76. The molecule has 0 saturated carbocycles. The molecular formula is C16H12BrClN4S. The van der Waals surface area contributed by atoms with Gasteiger partial charge in [0.2, 0.25) is 11.2 Å². The van der Waals surface area contributed by atoms with Crippen LogP contribution in [-0.2, 0) is 0 Å². The van der Waals surface area contributed by atoms with Gasteiger partial charge in [-0.3, -0.25) is 0 Å². The molecule has 116 valence electrons. The maximum absolute atomic E-state index is 6.01. The van der Waals surface area contributed by atoms with E-state index in [2.05, 4.69) is 43.1 Å². The first kappa shape index (κ1) is 16.2. The van der Waals surface area contributed by atoms with Crippen LogP contribution in [0.25, 0.3) is 0 Å². The second-order valence-corrected chi connectivity index (χ2v) is 7.05. The van der Waals surface area contributed by atoms with E-state index in [4.69, 9.17) is 11.6 Å². The van der Waals surface area contributed by atoms with E-state index in [9.17, 15) is 0 Å². The van der Waals surface area contributed by atoms with E-state index in [1.165, 1.54) is 17.3 Å². The molecule has 2 aromatic carbocycles. The van der Waals surface area contributed by atoms with Crippen molar-refractivity contribution in [1.82, 2.24) is 15.0 Å². The molecule has 4 nitrogen and oxygen atoms in total. The molecule has 0 fully saturated rings. The fraction of sp³-hybridized carbons (Fsp3) is 0.0625. The average molecular weight is 408 g/mol. The molecule has 0 aliphatic heterocycles. The Morgan fingerprint density at radius 3 is 2.35 bits per heavy atom. The fourth-order valence-corrected chi connectivity index (χ4v) is 3.03. The number of aryl methyl sites for hydroxylation is 1. The van der Waals surface area contributed by atoms with Crippen molar-refractivity contribution in [3.63, 3.8) is 0 Å². The molecule has 0 aliphatic rings. The zero-order valence-corrected chi connectivity index (χ0v) is 15.3. The van der Waals surface area contributed by atoms with Crippen molar-refractivity contribution >= 4 is 50.9 Å². The minimum absolute atomic E-state index is 0.161. The molecule has 0 atom stereocenters. The van der Waals surface area contributed by atoms with Crippen LogP contribution < -0.4 is 5.32 Å². The second-order valence-electron chi connectivity index (χ2n) is 4.76. The van der Waals surface area contributed by atoms with Crippen molar-refractivity contribution in [1.29, 1.82) is 0 Å². The Morgan fingerprint density at radius 1 is 0.957 bits per heavy atom. The van der Waals surface area contributed by atoms with E-state index >= 15 is 0 Å². The highest BCUT2D eigenvalue weighted by molar-refractivity contribution is 9.10. The summed E-state index contributed by atoms with van der Waals surface area (Å²) in [6.07, 6.45) is 0. The van der Waals surface area contributed by atoms with Gasteiger partial charge in [0.15, 0.2) is 5.16 Å². The lowest BCUT2D eigenvalue weighted by Crippen LogP contribution is -2.00. The SMILES string of the molecule is Cc1ccc(Sc2nc(Cl)nc(Nc3ccc(Br)cc3)n2)cc1. The molecule has 3 rings (SSSR count). The molecule has 3 aromatic rings. The van der Waals surface area contributed by atoms with E-state index in [-0.39, 0.29) is 5.28 Å². The van der Waals surface area contributed by atoms with Crippen LogP contribution in [0.1, 0.15) is 5.56 Å². The van der Waals surface area contributed by atoms with E-state index in [0.29, 0.717) is 11.1 Å². The molecule has 0 bridgehead atoms. The minimum atomic E-state index is 0.161. The van der Waals surface area contributed by atoms with Crippen LogP contribution in [0.3, 0.4) is 0 Å². The summed E-state index contributed by atoms with van der Waals surface area (Å²) in [4.78, 5) is 13.7. The van der Waals surface area contributed by atoms with Gasteiger partial charge in [-0.25, -0.2) is 0 Å². The van der Waals surface area contributed by atoms with E-state index < -0.39 is 0 Å². The van der Waals surface area contributed by atoms with Crippen molar-refractivity contribution in [3.8, 4) is 0 Å². The number of benzene rings is 2. The molecule has 0 spiro atoms. The van der Waals surface area contributed by atoms with Gasteiger partial charge in [0.25, 0.3) is 0 Å². The maximum atomic E-state index is 6.01. The van der Waals surface area contributed by atoms with Crippen molar-refractivity contribution < 1.29 is 0 Å². The lowest BCUT2D eigenvalue weighted by Gasteiger charge is -2.07. The maximum Gasteiger partial charge on any atom is 0.232 e. The highest BCUT2D eigenvalue weighted by Gasteiger charge is 2.07. The topological polar surface area (TPSA) is 50.7 Å². The number of hydrogen-bond donors (Lipinski definition) is 1. The van der Waals surface area contributed by atoms with Crippen LogP contribution in [0.4, 0.5) is 11.6 Å². The third-order valence-corrected chi connectivity index (χ3v) is 4.49. The molecular weight excluding hydrogens is 396 g/mol. The summed E-state index contributed by atoms with van der Waals surface area (Å²) in [5.74, 6) is 0.418. The molecule has 23 heavy (non-hydrogen) atoms. The van der Waals surface area contributed by atoms with Gasteiger partial charge >= 0.3 is 0 Å². The van der Waals surface area contributed by atoms with Crippen LogP contribution in [-0.4, -0.2) is 15.0 Å².